The highest BCUT2D eigenvalue weighted by Gasteiger charge is 2.28. The lowest BCUT2D eigenvalue weighted by Gasteiger charge is -2.19. The number of ether oxygens (including phenoxy) is 1. The first-order valence-electron chi connectivity index (χ1n) is 5.40. The van der Waals surface area contributed by atoms with E-state index in [4.69, 9.17) is 9.84 Å². The number of amides is 1. The van der Waals surface area contributed by atoms with Crippen LogP contribution in [0.15, 0.2) is 30.3 Å². The van der Waals surface area contributed by atoms with Crippen molar-refractivity contribution in [1.82, 2.24) is 4.90 Å². The van der Waals surface area contributed by atoms with Gasteiger partial charge in [-0.3, -0.25) is 4.90 Å². The van der Waals surface area contributed by atoms with Crippen LogP contribution in [0, 0.1) is 0 Å². The van der Waals surface area contributed by atoms with Crippen molar-refractivity contribution in [1.29, 1.82) is 0 Å². The van der Waals surface area contributed by atoms with Crippen LogP contribution in [-0.2, 0) is 11.3 Å². The van der Waals surface area contributed by atoms with Gasteiger partial charge in [-0.2, -0.15) is 0 Å². The zero-order valence-electron chi connectivity index (χ0n) is 9.00. The zero-order chi connectivity index (χ0) is 11.4. The molecule has 1 fully saturated rings. The summed E-state index contributed by atoms with van der Waals surface area (Å²) in [4.78, 5) is 12.9. The van der Waals surface area contributed by atoms with Crippen LogP contribution >= 0.6 is 0 Å². The molecule has 0 heterocycles. The summed E-state index contributed by atoms with van der Waals surface area (Å²) < 4.78 is 5.11. The summed E-state index contributed by atoms with van der Waals surface area (Å²) in [6.45, 7) is 0.0589. The molecule has 4 heteroatoms. The summed E-state index contributed by atoms with van der Waals surface area (Å²) in [5.41, 5.74) is 0.976. The average Bonchev–Trinajstić information content (AvgIpc) is 3.11. The van der Waals surface area contributed by atoms with Crippen LogP contribution in [0.5, 0.6) is 0 Å². The van der Waals surface area contributed by atoms with Crippen molar-refractivity contribution in [3.05, 3.63) is 35.9 Å². The van der Waals surface area contributed by atoms with Crippen molar-refractivity contribution < 1.29 is 14.6 Å². The Morgan fingerprint density at radius 1 is 1.38 bits per heavy atom. The van der Waals surface area contributed by atoms with Crippen molar-refractivity contribution in [2.45, 2.75) is 25.5 Å². The van der Waals surface area contributed by atoms with Gasteiger partial charge in [0.1, 0.15) is 12.8 Å². The van der Waals surface area contributed by atoms with Crippen LogP contribution in [-0.4, -0.2) is 28.9 Å². The van der Waals surface area contributed by atoms with Crippen molar-refractivity contribution >= 4 is 6.09 Å². The Hall–Kier alpha value is -1.55. The Morgan fingerprint density at radius 2 is 2.06 bits per heavy atom. The van der Waals surface area contributed by atoms with Gasteiger partial charge in [0.25, 0.3) is 0 Å². The maximum atomic E-state index is 11.6. The van der Waals surface area contributed by atoms with E-state index in [1.54, 1.807) is 0 Å². The maximum absolute atomic E-state index is 11.6. The minimum Gasteiger partial charge on any atom is -0.446 e. The lowest BCUT2D eigenvalue weighted by molar-refractivity contribution is 0.0540. The van der Waals surface area contributed by atoms with Crippen molar-refractivity contribution in [2.24, 2.45) is 0 Å². The first kappa shape index (κ1) is 11.0. The van der Waals surface area contributed by atoms with Gasteiger partial charge in [0, 0.05) is 0 Å². The largest absolute Gasteiger partial charge is 0.446 e. The summed E-state index contributed by atoms with van der Waals surface area (Å²) in [5, 5.41) is 9.12. The van der Waals surface area contributed by atoms with Crippen LogP contribution in [0.3, 0.4) is 0 Å². The molecule has 0 saturated heterocycles. The topological polar surface area (TPSA) is 49.8 Å². The van der Waals surface area contributed by atoms with Gasteiger partial charge in [0.05, 0.1) is 6.54 Å². The third kappa shape index (κ3) is 2.97. The van der Waals surface area contributed by atoms with E-state index in [9.17, 15) is 4.79 Å². The van der Waals surface area contributed by atoms with E-state index < -0.39 is 6.09 Å². The molecule has 1 aromatic carbocycles. The Kier molecular flexibility index (Phi) is 3.41. The SMILES string of the molecule is O=C(OC1CC1)N(CO)Cc1ccccc1. The second-order valence-electron chi connectivity index (χ2n) is 3.91. The molecule has 0 atom stereocenters. The van der Waals surface area contributed by atoms with Gasteiger partial charge >= 0.3 is 6.09 Å². The average molecular weight is 221 g/mol. The van der Waals surface area contributed by atoms with Crippen molar-refractivity contribution in [3.8, 4) is 0 Å². The number of hydrogen-bond acceptors (Lipinski definition) is 3. The standard InChI is InChI=1S/C12H15NO3/c14-9-13(12(15)16-11-6-7-11)8-10-4-2-1-3-5-10/h1-5,11,14H,6-9H2. The molecule has 2 rings (SSSR count). The van der Waals surface area contributed by atoms with Crippen LogP contribution < -0.4 is 0 Å². The number of carbonyl (C=O) groups is 1. The molecule has 1 N–H and O–H groups in total. The highest BCUT2D eigenvalue weighted by Crippen LogP contribution is 2.24. The third-order valence-electron chi connectivity index (χ3n) is 2.44. The van der Waals surface area contributed by atoms with E-state index in [1.807, 2.05) is 30.3 Å². The Balaban J connectivity index is 1.91. The van der Waals surface area contributed by atoms with Gasteiger partial charge < -0.3 is 9.84 Å². The van der Waals surface area contributed by atoms with E-state index in [2.05, 4.69) is 0 Å². The Bertz CT molecular complexity index is 349. The minimum absolute atomic E-state index is 0.0670. The number of benzene rings is 1. The van der Waals surface area contributed by atoms with Gasteiger partial charge in [-0.15, -0.1) is 0 Å². The third-order valence-corrected chi connectivity index (χ3v) is 2.44. The molecule has 1 aliphatic carbocycles. The summed E-state index contributed by atoms with van der Waals surface area (Å²) in [6.07, 6.45) is 1.51. The summed E-state index contributed by atoms with van der Waals surface area (Å²) in [5.74, 6) is 0. The molecule has 0 aliphatic heterocycles. The van der Waals surface area contributed by atoms with Gasteiger partial charge in [-0.1, -0.05) is 30.3 Å². The molecular weight excluding hydrogens is 206 g/mol. The number of carbonyl (C=O) groups excluding carboxylic acids is 1. The molecule has 0 spiro atoms. The molecule has 16 heavy (non-hydrogen) atoms. The number of nitrogens with zero attached hydrogens (tertiary/aromatic N) is 1. The van der Waals surface area contributed by atoms with Crippen LogP contribution in [0.4, 0.5) is 4.79 Å². The van der Waals surface area contributed by atoms with Gasteiger partial charge in [0.15, 0.2) is 0 Å². The lowest BCUT2D eigenvalue weighted by atomic mass is 10.2. The lowest BCUT2D eigenvalue weighted by Crippen LogP contribution is -2.32. The van der Waals surface area contributed by atoms with E-state index in [-0.39, 0.29) is 12.8 Å². The smallest absolute Gasteiger partial charge is 0.412 e. The summed E-state index contributed by atoms with van der Waals surface area (Å²) >= 11 is 0. The van der Waals surface area contributed by atoms with E-state index >= 15 is 0 Å². The summed E-state index contributed by atoms with van der Waals surface area (Å²) in [6, 6.07) is 9.53. The molecule has 1 amide bonds. The Morgan fingerprint density at radius 3 is 2.62 bits per heavy atom. The number of aliphatic hydroxyl groups is 1. The first-order valence-corrected chi connectivity index (χ1v) is 5.40. The normalized spacial score (nSPS) is 14.6. The molecule has 0 radical (unpaired) electrons. The van der Waals surface area contributed by atoms with Gasteiger partial charge in [-0.25, -0.2) is 4.79 Å². The fourth-order valence-corrected chi connectivity index (χ4v) is 1.38. The molecule has 4 nitrogen and oxygen atoms in total. The molecule has 0 bridgehead atoms. The summed E-state index contributed by atoms with van der Waals surface area (Å²) in [7, 11) is 0. The fraction of sp³-hybridized carbons (Fsp3) is 0.417. The molecule has 1 saturated carbocycles. The van der Waals surface area contributed by atoms with Crippen LogP contribution in [0.2, 0.25) is 0 Å². The number of rotatable bonds is 4. The molecule has 1 aliphatic rings. The van der Waals surface area contributed by atoms with Gasteiger partial charge in [0.2, 0.25) is 0 Å². The first-order chi connectivity index (χ1) is 7.79. The van der Waals surface area contributed by atoms with E-state index in [1.165, 1.54) is 4.90 Å². The second-order valence-corrected chi connectivity index (χ2v) is 3.91. The predicted molar refractivity (Wildman–Crippen MR) is 58.6 cm³/mol. The van der Waals surface area contributed by atoms with Crippen molar-refractivity contribution in [2.75, 3.05) is 6.73 Å². The minimum atomic E-state index is -0.436. The fourth-order valence-electron chi connectivity index (χ4n) is 1.38. The number of aliphatic hydroxyl groups excluding tert-OH is 1. The second kappa shape index (κ2) is 4.99. The van der Waals surface area contributed by atoms with Crippen molar-refractivity contribution in [3.63, 3.8) is 0 Å². The quantitative estimate of drug-likeness (QED) is 0.788. The zero-order valence-corrected chi connectivity index (χ0v) is 9.00. The molecule has 0 unspecified atom stereocenters. The van der Waals surface area contributed by atoms with Gasteiger partial charge in [-0.05, 0) is 18.4 Å². The predicted octanol–water partition coefficient (Wildman–Crippen LogP) is 1.74. The molecule has 0 aromatic heterocycles. The van der Waals surface area contributed by atoms with Crippen LogP contribution in [0.25, 0.3) is 0 Å². The highest BCUT2D eigenvalue weighted by atomic mass is 16.6. The van der Waals surface area contributed by atoms with E-state index in [0.29, 0.717) is 6.54 Å². The molecule has 86 valence electrons. The monoisotopic (exact) mass is 221 g/mol. The van der Waals surface area contributed by atoms with E-state index in [0.717, 1.165) is 18.4 Å². The maximum Gasteiger partial charge on any atom is 0.412 e. The van der Waals surface area contributed by atoms with Crippen LogP contribution in [0.1, 0.15) is 18.4 Å². The number of hydrogen-bond donors (Lipinski definition) is 1. The Labute approximate surface area is 94.4 Å². The molecular formula is C12H15NO3. The highest BCUT2D eigenvalue weighted by molar-refractivity contribution is 5.67. The molecule has 1 aromatic rings.